The Hall–Kier alpha value is -8.46. The van der Waals surface area contributed by atoms with Gasteiger partial charge in [0.15, 0.2) is 0 Å². The van der Waals surface area contributed by atoms with Crippen LogP contribution in [0.3, 0.4) is 0 Å². The second-order valence-electron chi connectivity index (χ2n) is 16.5. The van der Waals surface area contributed by atoms with Gasteiger partial charge in [-0.2, -0.15) is 0 Å². The summed E-state index contributed by atoms with van der Waals surface area (Å²) in [6, 6.07) is 92.7. The van der Waals surface area contributed by atoms with E-state index in [1.807, 2.05) is 0 Å². The third-order valence-electron chi connectivity index (χ3n) is 12.8. The molecule has 0 radical (unpaired) electrons. The van der Waals surface area contributed by atoms with Crippen LogP contribution in [0.2, 0.25) is 0 Å². The molecule has 0 aliphatic carbocycles. The van der Waals surface area contributed by atoms with Crippen LogP contribution in [-0.4, -0.2) is 4.57 Å². The minimum atomic E-state index is 1.08. The first kappa shape index (κ1) is 37.3. The van der Waals surface area contributed by atoms with E-state index >= 15 is 0 Å². The molecule has 2 nitrogen and oxygen atoms in total. The molecule has 64 heavy (non-hydrogen) atoms. The number of para-hydroxylation sites is 1. The van der Waals surface area contributed by atoms with Crippen molar-refractivity contribution in [2.75, 3.05) is 4.90 Å². The van der Waals surface area contributed by atoms with E-state index < -0.39 is 0 Å². The van der Waals surface area contributed by atoms with Crippen molar-refractivity contribution in [1.29, 1.82) is 0 Å². The van der Waals surface area contributed by atoms with Crippen LogP contribution in [-0.2, 0) is 0 Å². The summed E-state index contributed by atoms with van der Waals surface area (Å²) in [6.45, 7) is 0. The highest BCUT2D eigenvalue weighted by molar-refractivity contribution is 6.21. The first-order chi connectivity index (χ1) is 31.8. The zero-order valence-corrected chi connectivity index (χ0v) is 35.1. The predicted octanol–water partition coefficient (Wildman–Crippen LogP) is 17.2. The van der Waals surface area contributed by atoms with Crippen molar-refractivity contribution < 1.29 is 0 Å². The van der Waals surface area contributed by atoms with Crippen molar-refractivity contribution in [1.82, 2.24) is 4.57 Å². The summed E-state index contributed by atoms with van der Waals surface area (Å²) in [4.78, 5) is 2.39. The largest absolute Gasteiger partial charge is 0.310 e. The van der Waals surface area contributed by atoms with E-state index in [1.165, 1.54) is 82.3 Å². The van der Waals surface area contributed by atoms with Gasteiger partial charge in [-0.1, -0.05) is 194 Å². The van der Waals surface area contributed by atoms with Crippen molar-refractivity contribution >= 4 is 60.4 Å². The maximum atomic E-state index is 2.42. The third-order valence-corrected chi connectivity index (χ3v) is 12.8. The molecule has 0 saturated carbocycles. The summed E-state index contributed by atoms with van der Waals surface area (Å²) < 4.78 is 2.42. The summed E-state index contributed by atoms with van der Waals surface area (Å²) in [5.41, 5.74) is 16.4. The van der Waals surface area contributed by atoms with E-state index in [-0.39, 0.29) is 0 Å². The molecule has 2 heteroatoms. The lowest BCUT2D eigenvalue weighted by atomic mass is 9.94. The maximum absolute atomic E-state index is 2.42. The highest BCUT2D eigenvalue weighted by Crippen LogP contribution is 2.45. The zero-order chi connectivity index (χ0) is 42.4. The van der Waals surface area contributed by atoms with Gasteiger partial charge >= 0.3 is 0 Å². The standard InChI is InChI=1S/C62H42N2/c1-3-16-45(17-4-1)57-30-14-32-59-61(57)62-58(31-15-33-60(62)64(59)49-23-5-2-6-24-49)48-22-11-25-52(42-48)63(50-38-34-46(35-39-50)55-28-12-20-43-18-7-9-26-53(43)55)51-40-36-47(37-41-51)56-29-13-21-44-19-8-10-27-54(44)56/h1-42H. The molecular formula is C62H42N2. The quantitative estimate of drug-likeness (QED) is 0.148. The monoisotopic (exact) mass is 814 g/mol. The van der Waals surface area contributed by atoms with Gasteiger partial charge < -0.3 is 9.47 Å². The molecule has 1 aromatic heterocycles. The normalized spacial score (nSPS) is 11.4. The second kappa shape index (κ2) is 15.8. The fourth-order valence-corrected chi connectivity index (χ4v) is 9.86. The molecule has 0 aliphatic rings. The van der Waals surface area contributed by atoms with Crippen molar-refractivity contribution in [2.24, 2.45) is 0 Å². The highest BCUT2D eigenvalue weighted by Gasteiger charge is 2.21. The Morgan fingerprint density at radius 1 is 0.266 bits per heavy atom. The molecule has 12 rings (SSSR count). The first-order valence-electron chi connectivity index (χ1n) is 22.0. The van der Waals surface area contributed by atoms with Gasteiger partial charge in [0.25, 0.3) is 0 Å². The topological polar surface area (TPSA) is 8.17 Å². The molecule has 0 bridgehead atoms. The second-order valence-corrected chi connectivity index (χ2v) is 16.5. The Labute approximate surface area is 373 Å². The van der Waals surface area contributed by atoms with Gasteiger partial charge in [-0.3, -0.25) is 0 Å². The number of benzene rings is 11. The molecule has 0 atom stereocenters. The number of aromatic nitrogens is 1. The Bertz CT molecular complexity index is 3510. The number of nitrogens with zero attached hydrogens (tertiary/aromatic N) is 2. The Morgan fingerprint density at radius 3 is 1.23 bits per heavy atom. The van der Waals surface area contributed by atoms with Crippen LogP contribution in [0, 0.1) is 0 Å². The Balaban J connectivity index is 1.04. The lowest BCUT2D eigenvalue weighted by Crippen LogP contribution is -2.10. The summed E-state index contributed by atoms with van der Waals surface area (Å²) in [5.74, 6) is 0. The smallest absolute Gasteiger partial charge is 0.0547 e. The van der Waals surface area contributed by atoms with E-state index in [9.17, 15) is 0 Å². The SMILES string of the molecule is c1ccc(-c2cccc3c2c2c(-c4cccc(N(c5ccc(-c6cccc7ccccc67)cc5)c5ccc(-c6cccc7ccccc67)cc5)c4)cccc2n3-c2ccccc2)cc1. The highest BCUT2D eigenvalue weighted by atomic mass is 15.1. The molecule has 11 aromatic carbocycles. The molecule has 0 fully saturated rings. The van der Waals surface area contributed by atoms with Gasteiger partial charge in [0.1, 0.15) is 0 Å². The van der Waals surface area contributed by atoms with E-state index in [1.54, 1.807) is 0 Å². The van der Waals surface area contributed by atoms with Crippen LogP contribution in [0.25, 0.3) is 93.5 Å². The lowest BCUT2D eigenvalue weighted by molar-refractivity contribution is 1.18. The fourth-order valence-electron chi connectivity index (χ4n) is 9.86. The van der Waals surface area contributed by atoms with E-state index in [0.29, 0.717) is 0 Å². The number of anilines is 3. The predicted molar refractivity (Wildman–Crippen MR) is 272 cm³/mol. The van der Waals surface area contributed by atoms with Gasteiger partial charge in [0, 0.05) is 33.5 Å². The molecule has 0 amide bonds. The van der Waals surface area contributed by atoms with Crippen molar-refractivity contribution in [3.05, 3.63) is 255 Å². The molecule has 0 aliphatic heterocycles. The average Bonchev–Trinajstić information content (AvgIpc) is 3.72. The molecule has 0 saturated heterocycles. The van der Waals surface area contributed by atoms with E-state index in [0.717, 1.165) is 28.3 Å². The van der Waals surface area contributed by atoms with Gasteiger partial charge in [-0.05, 0) is 127 Å². The number of fused-ring (bicyclic) bond motifs is 5. The van der Waals surface area contributed by atoms with Crippen molar-refractivity contribution in [2.45, 2.75) is 0 Å². The van der Waals surface area contributed by atoms with Gasteiger partial charge in [0.2, 0.25) is 0 Å². The Kier molecular flexibility index (Phi) is 9.20. The third kappa shape index (κ3) is 6.44. The van der Waals surface area contributed by atoms with Crippen LogP contribution < -0.4 is 4.90 Å². The van der Waals surface area contributed by atoms with Gasteiger partial charge in [0.05, 0.1) is 11.0 Å². The summed E-state index contributed by atoms with van der Waals surface area (Å²) >= 11 is 0. The number of rotatable bonds is 8. The van der Waals surface area contributed by atoms with Crippen molar-refractivity contribution in [3.63, 3.8) is 0 Å². The van der Waals surface area contributed by atoms with Crippen molar-refractivity contribution in [3.8, 4) is 50.2 Å². The minimum Gasteiger partial charge on any atom is -0.310 e. The summed E-state index contributed by atoms with van der Waals surface area (Å²) in [6.07, 6.45) is 0. The van der Waals surface area contributed by atoms with Crippen LogP contribution in [0.15, 0.2) is 255 Å². The first-order valence-corrected chi connectivity index (χ1v) is 22.0. The van der Waals surface area contributed by atoms with E-state index in [2.05, 4.69) is 264 Å². The molecule has 300 valence electrons. The summed E-state index contributed by atoms with van der Waals surface area (Å²) in [5, 5.41) is 7.48. The molecule has 12 aromatic rings. The molecule has 0 N–H and O–H groups in total. The molecule has 1 heterocycles. The van der Waals surface area contributed by atoms with Crippen LogP contribution in [0.1, 0.15) is 0 Å². The summed E-state index contributed by atoms with van der Waals surface area (Å²) in [7, 11) is 0. The Morgan fingerprint density at radius 2 is 0.672 bits per heavy atom. The van der Waals surface area contributed by atoms with Crippen LogP contribution >= 0.6 is 0 Å². The fraction of sp³-hybridized carbons (Fsp3) is 0. The number of hydrogen-bond acceptors (Lipinski definition) is 1. The van der Waals surface area contributed by atoms with Gasteiger partial charge in [-0.25, -0.2) is 0 Å². The minimum absolute atomic E-state index is 1.08. The zero-order valence-electron chi connectivity index (χ0n) is 35.1. The maximum Gasteiger partial charge on any atom is 0.0547 e. The van der Waals surface area contributed by atoms with E-state index in [4.69, 9.17) is 0 Å². The lowest BCUT2D eigenvalue weighted by Gasteiger charge is -2.26. The van der Waals surface area contributed by atoms with Crippen LogP contribution in [0.4, 0.5) is 17.1 Å². The molecular weight excluding hydrogens is 773 g/mol. The average molecular weight is 815 g/mol. The molecule has 0 unspecified atom stereocenters. The molecule has 0 spiro atoms. The van der Waals surface area contributed by atoms with Gasteiger partial charge in [-0.15, -0.1) is 0 Å². The van der Waals surface area contributed by atoms with Crippen LogP contribution in [0.5, 0.6) is 0 Å². The number of hydrogen-bond donors (Lipinski definition) is 0.